The number of thioether (sulfide) groups is 1. The van der Waals surface area contributed by atoms with Crippen LogP contribution in [0.4, 0.5) is 11.4 Å². The van der Waals surface area contributed by atoms with Crippen molar-refractivity contribution in [1.29, 1.82) is 0 Å². The van der Waals surface area contributed by atoms with E-state index in [1.165, 1.54) is 36.0 Å². The first-order chi connectivity index (χ1) is 17.2. The molecule has 2 aromatic carbocycles. The van der Waals surface area contributed by atoms with Crippen LogP contribution in [-0.2, 0) is 11.3 Å². The van der Waals surface area contributed by atoms with Gasteiger partial charge in [-0.3, -0.25) is 19.7 Å². The first-order valence-corrected chi connectivity index (χ1v) is 12.3. The maximum atomic E-state index is 12.9. The Balaban J connectivity index is 1.71. The van der Waals surface area contributed by atoms with Crippen molar-refractivity contribution in [3.8, 4) is 5.75 Å². The molecule has 11 nitrogen and oxygen atoms in total. The maximum Gasteiger partial charge on any atom is 0.270 e. The highest BCUT2D eigenvalue weighted by atomic mass is 32.2. The van der Waals surface area contributed by atoms with Gasteiger partial charge in [0.2, 0.25) is 5.91 Å². The van der Waals surface area contributed by atoms with Crippen molar-refractivity contribution < 1.29 is 19.2 Å². The van der Waals surface area contributed by atoms with E-state index in [0.29, 0.717) is 29.0 Å². The number of ether oxygens (including phenoxy) is 1. The Morgan fingerprint density at radius 1 is 1.17 bits per heavy atom. The van der Waals surface area contributed by atoms with Gasteiger partial charge in [0.25, 0.3) is 11.6 Å². The van der Waals surface area contributed by atoms with Gasteiger partial charge in [0.05, 0.1) is 23.8 Å². The average Bonchev–Trinajstić information content (AvgIpc) is 3.28. The van der Waals surface area contributed by atoms with Crippen LogP contribution >= 0.6 is 11.8 Å². The molecule has 12 heteroatoms. The number of nitro benzene ring substituents is 1. The molecule has 0 bridgehead atoms. The largest absolute Gasteiger partial charge is 0.497 e. The Morgan fingerprint density at radius 2 is 1.89 bits per heavy atom. The van der Waals surface area contributed by atoms with Crippen LogP contribution in [-0.4, -0.2) is 44.4 Å². The number of nitrogens with one attached hydrogen (secondary N) is 2. The summed E-state index contributed by atoms with van der Waals surface area (Å²) in [5.74, 6) is 0.676. The predicted octanol–water partition coefficient (Wildman–Crippen LogP) is 4.07. The van der Waals surface area contributed by atoms with Crippen LogP contribution < -0.4 is 15.4 Å². The van der Waals surface area contributed by atoms with E-state index in [9.17, 15) is 19.7 Å². The maximum absolute atomic E-state index is 12.9. The van der Waals surface area contributed by atoms with Crippen molar-refractivity contribution in [2.45, 2.75) is 38.5 Å². The molecule has 0 unspecified atom stereocenters. The molecule has 0 aliphatic rings. The highest BCUT2D eigenvalue weighted by Crippen LogP contribution is 2.26. The number of hydrogen-bond acceptors (Lipinski definition) is 8. The summed E-state index contributed by atoms with van der Waals surface area (Å²) in [7, 11) is 1.57. The lowest BCUT2D eigenvalue weighted by Gasteiger charge is -2.22. The fourth-order valence-corrected chi connectivity index (χ4v) is 4.26. The molecule has 36 heavy (non-hydrogen) atoms. The zero-order chi connectivity index (χ0) is 26.2. The molecule has 2 amide bonds. The van der Waals surface area contributed by atoms with E-state index in [1.807, 2.05) is 25.3 Å². The third-order valence-electron chi connectivity index (χ3n) is 5.32. The SMILES string of the molecule is CCn1c(SCC(=O)Nc2ccc(OC)cc2)nnc1[C@@H](NC(=O)c1cccc([N+](=O)[O-])c1)C(C)C. The van der Waals surface area contributed by atoms with Crippen LogP contribution in [0.2, 0.25) is 0 Å². The van der Waals surface area contributed by atoms with E-state index in [1.54, 1.807) is 31.4 Å². The van der Waals surface area contributed by atoms with Gasteiger partial charge in [-0.15, -0.1) is 10.2 Å². The third-order valence-corrected chi connectivity index (χ3v) is 6.29. The van der Waals surface area contributed by atoms with E-state index in [0.717, 1.165) is 0 Å². The van der Waals surface area contributed by atoms with Crippen molar-refractivity contribution in [2.24, 2.45) is 5.92 Å². The fraction of sp³-hybridized carbons (Fsp3) is 0.333. The van der Waals surface area contributed by atoms with E-state index in [-0.39, 0.29) is 28.8 Å². The Kier molecular flexibility index (Phi) is 9.01. The highest BCUT2D eigenvalue weighted by Gasteiger charge is 2.26. The smallest absolute Gasteiger partial charge is 0.270 e. The van der Waals surface area contributed by atoms with E-state index in [2.05, 4.69) is 20.8 Å². The first-order valence-electron chi connectivity index (χ1n) is 11.3. The summed E-state index contributed by atoms with van der Waals surface area (Å²) >= 11 is 1.24. The lowest BCUT2D eigenvalue weighted by atomic mass is 10.0. The Hall–Kier alpha value is -3.93. The summed E-state index contributed by atoms with van der Waals surface area (Å²) in [6.07, 6.45) is 0. The fourth-order valence-electron chi connectivity index (χ4n) is 3.45. The molecule has 0 aliphatic heterocycles. The van der Waals surface area contributed by atoms with Crippen LogP contribution in [0.1, 0.15) is 43.0 Å². The van der Waals surface area contributed by atoms with Crippen LogP contribution in [0.3, 0.4) is 0 Å². The van der Waals surface area contributed by atoms with Crippen LogP contribution in [0.15, 0.2) is 53.7 Å². The zero-order valence-corrected chi connectivity index (χ0v) is 21.2. The third kappa shape index (κ3) is 6.60. The summed E-state index contributed by atoms with van der Waals surface area (Å²) in [5, 5.41) is 25.9. The number of benzene rings is 2. The van der Waals surface area contributed by atoms with Gasteiger partial charge in [-0.05, 0) is 43.2 Å². The van der Waals surface area contributed by atoms with Crippen molar-refractivity contribution in [1.82, 2.24) is 20.1 Å². The van der Waals surface area contributed by atoms with Gasteiger partial charge >= 0.3 is 0 Å². The molecular weight excluding hydrogens is 484 g/mol. The summed E-state index contributed by atoms with van der Waals surface area (Å²) < 4.78 is 6.97. The number of carbonyl (C=O) groups excluding carboxylic acids is 2. The molecule has 1 heterocycles. The molecule has 0 aliphatic carbocycles. The number of carbonyl (C=O) groups is 2. The minimum Gasteiger partial charge on any atom is -0.497 e. The van der Waals surface area contributed by atoms with Crippen LogP contribution in [0.25, 0.3) is 0 Å². The molecule has 0 fully saturated rings. The van der Waals surface area contributed by atoms with Crippen LogP contribution in [0.5, 0.6) is 5.75 Å². The van der Waals surface area contributed by atoms with Crippen LogP contribution in [0, 0.1) is 16.0 Å². The number of aromatic nitrogens is 3. The molecule has 2 N–H and O–H groups in total. The second-order valence-electron chi connectivity index (χ2n) is 8.15. The molecule has 3 aromatic rings. The van der Waals surface area contributed by atoms with Gasteiger partial charge in [-0.1, -0.05) is 31.7 Å². The van der Waals surface area contributed by atoms with Gasteiger partial charge in [-0.2, -0.15) is 0 Å². The minimum atomic E-state index is -0.543. The number of non-ortho nitro benzene ring substituents is 1. The molecule has 3 rings (SSSR count). The Labute approximate surface area is 212 Å². The van der Waals surface area contributed by atoms with E-state index < -0.39 is 16.9 Å². The highest BCUT2D eigenvalue weighted by molar-refractivity contribution is 7.99. The lowest BCUT2D eigenvalue weighted by Crippen LogP contribution is -2.33. The normalized spacial score (nSPS) is 11.7. The summed E-state index contributed by atoms with van der Waals surface area (Å²) in [4.78, 5) is 35.9. The minimum absolute atomic E-state index is 0.0432. The van der Waals surface area contributed by atoms with Gasteiger partial charge < -0.3 is 19.9 Å². The second kappa shape index (κ2) is 12.2. The average molecular weight is 513 g/mol. The molecule has 0 radical (unpaired) electrons. The van der Waals surface area contributed by atoms with Gasteiger partial charge in [0.1, 0.15) is 5.75 Å². The molecule has 1 atom stereocenters. The van der Waals surface area contributed by atoms with Crippen molar-refractivity contribution in [3.05, 3.63) is 70.0 Å². The second-order valence-corrected chi connectivity index (χ2v) is 9.10. The van der Waals surface area contributed by atoms with E-state index in [4.69, 9.17) is 4.74 Å². The summed E-state index contributed by atoms with van der Waals surface area (Å²) in [6.45, 7) is 6.32. The number of hydrogen-bond donors (Lipinski definition) is 2. The Bertz CT molecular complexity index is 1230. The van der Waals surface area contributed by atoms with Crippen molar-refractivity contribution >= 4 is 35.0 Å². The summed E-state index contributed by atoms with van der Waals surface area (Å²) in [6, 6.07) is 12.1. The van der Waals surface area contributed by atoms with Crippen molar-refractivity contribution in [3.63, 3.8) is 0 Å². The predicted molar refractivity (Wildman–Crippen MR) is 136 cm³/mol. The standard InChI is InChI=1S/C24H28N6O5S/c1-5-29-22(21(15(2)3)26-23(32)16-7-6-8-18(13-16)30(33)34)27-28-24(29)36-14-20(31)25-17-9-11-19(35-4)12-10-17/h6-13,15,21H,5,14H2,1-4H3,(H,25,31)(H,26,32)/t21-/m0/s1. The van der Waals surface area contributed by atoms with Gasteiger partial charge in [0, 0.05) is 29.9 Å². The number of methoxy groups -OCH3 is 1. The quantitative estimate of drug-likeness (QED) is 0.222. The molecule has 0 saturated heterocycles. The number of nitro groups is 1. The number of amides is 2. The van der Waals surface area contributed by atoms with Gasteiger partial charge in [0.15, 0.2) is 11.0 Å². The molecule has 0 saturated carbocycles. The van der Waals surface area contributed by atoms with Crippen molar-refractivity contribution in [2.75, 3.05) is 18.2 Å². The topological polar surface area (TPSA) is 141 Å². The molecule has 1 aromatic heterocycles. The first kappa shape index (κ1) is 26.7. The van der Waals surface area contributed by atoms with Gasteiger partial charge in [-0.25, -0.2) is 0 Å². The number of nitrogens with zero attached hydrogens (tertiary/aromatic N) is 4. The Morgan fingerprint density at radius 3 is 2.50 bits per heavy atom. The van der Waals surface area contributed by atoms with E-state index >= 15 is 0 Å². The zero-order valence-electron chi connectivity index (χ0n) is 20.4. The molecule has 190 valence electrons. The summed E-state index contributed by atoms with van der Waals surface area (Å²) in [5.41, 5.74) is 0.678. The monoisotopic (exact) mass is 512 g/mol. The molecule has 0 spiro atoms. The lowest BCUT2D eigenvalue weighted by molar-refractivity contribution is -0.384. The number of anilines is 1. The number of rotatable bonds is 11. The molecular formula is C24H28N6O5S.